The SMILES string of the molecule is CC[C@]12C=CCN3CC[C@@]4(c5ccc(OC)cc5N(C)[C@@H]4[C@@](O)(C(=O)OC)C1OC(C)=O)[C@H]32. The molecule has 8 nitrogen and oxygen atoms in total. The van der Waals surface area contributed by atoms with Crippen molar-refractivity contribution in [2.45, 2.75) is 55.9 Å². The van der Waals surface area contributed by atoms with Crippen LogP contribution in [0.25, 0.3) is 0 Å². The van der Waals surface area contributed by atoms with Crippen LogP contribution in [0.3, 0.4) is 0 Å². The molecule has 3 aliphatic heterocycles. The molecule has 178 valence electrons. The van der Waals surface area contributed by atoms with E-state index in [9.17, 15) is 14.7 Å². The standard InChI is InChI=1S/C25H32N2O6/c1-6-23-10-7-12-27-13-11-24(19(23)27)17-9-8-16(31-4)14-18(17)26(3)20(24)25(30,22(29)32-5)21(23)33-15(2)28/h7-10,14,19-21,30H,6,11-13H2,1-5H3/t19-,20+,21?,23-,24-,25+/m1/s1. The molecular weight excluding hydrogens is 424 g/mol. The van der Waals surface area contributed by atoms with E-state index in [-0.39, 0.29) is 6.04 Å². The summed E-state index contributed by atoms with van der Waals surface area (Å²) in [4.78, 5) is 30.2. The number of aliphatic hydroxyl groups is 1. The van der Waals surface area contributed by atoms with E-state index < -0.39 is 40.5 Å². The summed E-state index contributed by atoms with van der Waals surface area (Å²) in [6.45, 7) is 4.94. The van der Waals surface area contributed by atoms with Crippen LogP contribution in [-0.4, -0.2) is 80.1 Å². The van der Waals surface area contributed by atoms with Gasteiger partial charge in [0.15, 0.2) is 6.10 Å². The summed E-state index contributed by atoms with van der Waals surface area (Å²) in [5, 5.41) is 12.5. The smallest absolute Gasteiger partial charge is 0.344 e. The van der Waals surface area contributed by atoms with Gasteiger partial charge in [0, 0.05) is 49.1 Å². The Morgan fingerprint density at radius 2 is 2.00 bits per heavy atom. The van der Waals surface area contributed by atoms with Crippen LogP contribution < -0.4 is 9.64 Å². The minimum Gasteiger partial charge on any atom is -0.497 e. The minimum atomic E-state index is -2.08. The molecule has 2 fully saturated rings. The summed E-state index contributed by atoms with van der Waals surface area (Å²) in [7, 11) is 4.77. The quantitative estimate of drug-likeness (QED) is 0.541. The molecule has 1 unspecified atom stereocenters. The molecule has 8 heteroatoms. The molecule has 1 spiro atoms. The van der Waals surface area contributed by atoms with Gasteiger partial charge < -0.3 is 24.2 Å². The third kappa shape index (κ3) is 2.48. The average molecular weight is 457 g/mol. The molecule has 33 heavy (non-hydrogen) atoms. The first kappa shape index (κ1) is 22.2. The van der Waals surface area contributed by atoms with Crippen molar-refractivity contribution in [3.63, 3.8) is 0 Å². The number of anilines is 1. The van der Waals surface area contributed by atoms with Gasteiger partial charge in [-0.2, -0.15) is 0 Å². The van der Waals surface area contributed by atoms with Crippen molar-refractivity contribution in [3.8, 4) is 5.75 Å². The number of carbonyl (C=O) groups excluding carboxylic acids is 2. The Labute approximate surface area is 194 Å². The number of nitrogens with zero attached hydrogens (tertiary/aromatic N) is 2. The number of hydrogen-bond donors (Lipinski definition) is 1. The van der Waals surface area contributed by atoms with Crippen LogP contribution in [0.2, 0.25) is 0 Å². The lowest BCUT2D eigenvalue weighted by Gasteiger charge is -2.63. The number of hydrogen-bond acceptors (Lipinski definition) is 8. The topological polar surface area (TPSA) is 88.5 Å². The molecule has 1 aliphatic carbocycles. The highest BCUT2D eigenvalue weighted by molar-refractivity contribution is 5.87. The largest absolute Gasteiger partial charge is 0.497 e. The van der Waals surface area contributed by atoms with Gasteiger partial charge in [-0.1, -0.05) is 25.1 Å². The highest BCUT2D eigenvalue weighted by Gasteiger charge is 2.80. The van der Waals surface area contributed by atoms with Crippen molar-refractivity contribution >= 4 is 17.6 Å². The first-order valence-electron chi connectivity index (χ1n) is 11.5. The van der Waals surface area contributed by atoms with Crippen molar-refractivity contribution in [2.24, 2.45) is 5.41 Å². The lowest BCUT2D eigenvalue weighted by molar-refractivity contribution is -0.228. The van der Waals surface area contributed by atoms with Crippen molar-refractivity contribution in [2.75, 3.05) is 39.3 Å². The van der Waals surface area contributed by atoms with E-state index >= 15 is 0 Å². The van der Waals surface area contributed by atoms with Crippen molar-refractivity contribution < 1.29 is 28.9 Å². The first-order chi connectivity index (χ1) is 15.7. The second kappa shape index (κ2) is 7.21. The third-order valence-corrected chi connectivity index (χ3v) is 8.62. The zero-order valence-corrected chi connectivity index (χ0v) is 19.8. The van der Waals surface area contributed by atoms with E-state index in [4.69, 9.17) is 14.2 Å². The predicted octanol–water partition coefficient (Wildman–Crippen LogP) is 1.64. The van der Waals surface area contributed by atoms with Crippen LogP contribution in [0.1, 0.15) is 32.3 Å². The Kier molecular flexibility index (Phi) is 4.85. The Morgan fingerprint density at radius 1 is 1.24 bits per heavy atom. The van der Waals surface area contributed by atoms with Gasteiger partial charge in [0.1, 0.15) is 5.75 Å². The second-order valence-corrected chi connectivity index (χ2v) is 9.76. The number of rotatable bonds is 4. The molecule has 0 aromatic heterocycles. The molecule has 5 rings (SSSR count). The first-order valence-corrected chi connectivity index (χ1v) is 11.5. The van der Waals surface area contributed by atoms with Crippen LogP contribution >= 0.6 is 0 Å². The average Bonchev–Trinajstić information content (AvgIpc) is 3.32. The van der Waals surface area contributed by atoms with Gasteiger partial charge in [-0.05, 0) is 31.0 Å². The lowest BCUT2D eigenvalue weighted by Crippen LogP contribution is -2.81. The maximum atomic E-state index is 13.5. The van der Waals surface area contributed by atoms with Gasteiger partial charge in [-0.25, -0.2) is 4.79 Å². The van der Waals surface area contributed by atoms with Gasteiger partial charge >= 0.3 is 11.9 Å². The van der Waals surface area contributed by atoms with Crippen LogP contribution in [-0.2, 0) is 24.5 Å². The molecular formula is C25H32N2O6. The maximum absolute atomic E-state index is 13.5. The molecule has 1 saturated carbocycles. The highest BCUT2D eigenvalue weighted by atomic mass is 16.6. The van der Waals surface area contributed by atoms with Crippen molar-refractivity contribution in [1.29, 1.82) is 0 Å². The zero-order valence-electron chi connectivity index (χ0n) is 19.8. The molecule has 4 aliphatic rings. The van der Waals surface area contributed by atoms with Gasteiger partial charge in [0.05, 0.1) is 20.3 Å². The van der Waals surface area contributed by atoms with E-state index in [1.807, 2.05) is 31.0 Å². The molecule has 1 aromatic rings. The van der Waals surface area contributed by atoms with Crippen molar-refractivity contribution in [3.05, 3.63) is 35.9 Å². The molecule has 6 atom stereocenters. The number of methoxy groups -OCH3 is 2. The summed E-state index contributed by atoms with van der Waals surface area (Å²) in [5.74, 6) is -0.617. The highest BCUT2D eigenvalue weighted by Crippen LogP contribution is 2.67. The normalized spacial score (nSPS) is 38.4. The fourth-order valence-electron chi connectivity index (χ4n) is 7.68. The minimum absolute atomic E-state index is 0.0589. The molecule has 1 saturated heterocycles. The Morgan fingerprint density at radius 3 is 2.64 bits per heavy atom. The number of ether oxygens (including phenoxy) is 3. The Bertz CT molecular complexity index is 1040. The van der Waals surface area contributed by atoms with Gasteiger partial charge in [-0.15, -0.1) is 0 Å². The van der Waals surface area contributed by atoms with Gasteiger partial charge in [0.25, 0.3) is 0 Å². The monoisotopic (exact) mass is 456 g/mol. The summed E-state index contributed by atoms with van der Waals surface area (Å²) >= 11 is 0. The van der Waals surface area contributed by atoms with Crippen LogP contribution in [0.4, 0.5) is 5.69 Å². The second-order valence-electron chi connectivity index (χ2n) is 9.76. The van der Waals surface area contributed by atoms with Crippen molar-refractivity contribution in [1.82, 2.24) is 4.90 Å². The number of benzene rings is 1. The molecule has 0 radical (unpaired) electrons. The van der Waals surface area contributed by atoms with Crippen LogP contribution in [0, 0.1) is 5.41 Å². The van der Waals surface area contributed by atoms with E-state index in [0.29, 0.717) is 12.2 Å². The van der Waals surface area contributed by atoms with E-state index in [1.54, 1.807) is 7.11 Å². The molecule has 1 aromatic carbocycles. The zero-order chi connectivity index (χ0) is 23.8. The summed E-state index contributed by atoms with van der Waals surface area (Å²) in [5.41, 5.74) is -1.41. The molecule has 0 amide bonds. The van der Waals surface area contributed by atoms with Gasteiger partial charge in [0.2, 0.25) is 5.60 Å². The summed E-state index contributed by atoms with van der Waals surface area (Å²) in [6, 6.07) is 5.22. The van der Waals surface area contributed by atoms with E-state index in [2.05, 4.69) is 23.1 Å². The summed E-state index contributed by atoms with van der Waals surface area (Å²) < 4.78 is 16.6. The maximum Gasteiger partial charge on any atom is 0.344 e. The molecule has 1 N–H and O–H groups in total. The van der Waals surface area contributed by atoms with E-state index in [1.165, 1.54) is 14.0 Å². The predicted molar refractivity (Wildman–Crippen MR) is 121 cm³/mol. The number of carbonyl (C=O) groups is 2. The molecule has 0 bridgehead atoms. The van der Waals surface area contributed by atoms with Crippen LogP contribution in [0.5, 0.6) is 5.75 Å². The van der Waals surface area contributed by atoms with Crippen LogP contribution in [0.15, 0.2) is 30.4 Å². The fraction of sp³-hybridized carbons (Fsp3) is 0.600. The summed E-state index contributed by atoms with van der Waals surface area (Å²) in [6.07, 6.45) is 4.40. The number of esters is 2. The fourth-order valence-corrected chi connectivity index (χ4v) is 7.68. The third-order valence-electron chi connectivity index (χ3n) is 8.62. The number of likely N-dealkylation sites (N-methyl/N-ethyl adjacent to an activating group) is 1. The number of fused-ring (bicyclic) bond motifs is 1. The Balaban J connectivity index is 1.86. The Hall–Kier alpha value is -2.58. The van der Waals surface area contributed by atoms with Gasteiger partial charge in [-0.3, -0.25) is 9.69 Å². The molecule has 3 heterocycles. The lowest BCUT2D eigenvalue weighted by atomic mass is 9.47. The van der Waals surface area contributed by atoms with E-state index in [0.717, 1.165) is 30.8 Å².